The Kier molecular flexibility index (Phi) is 3.78. The number of primary amides is 1. The normalized spacial score (nSPS) is 24.6. The number of nitrogens with two attached hydrogens (primary N) is 2. The van der Waals surface area contributed by atoms with Crippen molar-refractivity contribution >= 4 is 28.5 Å². The third kappa shape index (κ3) is 2.84. The second-order valence-electron chi connectivity index (χ2n) is 6.64. The van der Waals surface area contributed by atoms with E-state index in [0.29, 0.717) is 17.0 Å². The van der Waals surface area contributed by atoms with Crippen LogP contribution < -0.4 is 11.5 Å². The number of fused-ring (bicyclic) bond motifs is 1. The standard InChI is InChI=1S/C16H22N2O2S/c17-14(20)13-11-4-6-16(5-1-7-19,8-10-2-3-10)9-12(11)21-15(13)18/h7,10H,1-6,8-9,18H2,(H2,17,20). The van der Waals surface area contributed by atoms with Crippen LogP contribution >= 0.6 is 11.3 Å². The zero-order chi connectivity index (χ0) is 15.0. The van der Waals surface area contributed by atoms with E-state index in [1.165, 1.54) is 35.5 Å². The SMILES string of the molecule is NC(=O)c1c(N)sc2c1CCC(CCC=O)(CC1CC1)C2. The molecular weight excluding hydrogens is 284 g/mol. The minimum Gasteiger partial charge on any atom is -0.390 e. The lowest BCUT2D eigenvalue weighted by Gasteiger charge is -2.37. The van der Waals surface area contributed by atoms with Gasteiger partial charge < -0.3 is 16.3 Å². The van der Waals surface area contributed by atoms with Crippen LogP contribution in [0.5, 0.6) is 0 Å². The van der Waals surface area contributed by atoms with Gasteiger partial charge in [0.25, 0.3) is 5.91 Å². The molecular formula is C16H22N2O2S. The van der Waals surface area contributed by atoms with E-state index in [1.807, 2.05) is 0 Å². The van der Waals surface area contributed by atoms with Gasteiger partial charge in [-0.25, -0.2) is 0 Å². The second kappa shape index (κ2) is 5.44. The molecule has 0 spiro atoms. The van der Waals surface area contributed by atoms with Gasteiger partial charge in [-0.15, -0.1) is 11.3 Å². The maximum atomic E-state index is 11.6. The van der Waals surface area contributed by atoms with Crippen LogP contribution in [-0.2, 0) is 17.6 Å². The number of carbonyl (C=O) groups is 2. The van der Waals surface area contributed by atoms with Crippen molar-refractivity contribution in [2.45, 2.75) is 51.4 Å². The maximum Gasteiger partial charge on any atom is 0.251 e. The molecule has 3 rings (SSSR count). The summed E-state index contributed by atoms with van der Waals surface area (Å²) in [4.78, 5) is 23.6. The van der Waals surface area contributed by atoms with Gasteiger partial charge in [0, 0.05) is 11.3 Å². The van der Waals surface area contributed by atoms with E-state index in [4.69, 9.17) is 11.5 Å². The molecule has 1 heterocycles. The summed E-state index contributed by atoms with van der Waals surface area (Å²) >= 11 is 1.52. The topological polar surface area (TPSA) is 86.2 Å². The van der Waals surface area contributed by atoms with Crippen molar-refractivity contribution in [1.82, 2.24) is 0 Å². The van der Waals surface area contributed by atoms with Gasteiger partial charge in [-0.05, 0) is 49.0 Å². The molecule has 0 bridgehead atoms. The number of nitrogen functional groups attached to an aromatic ring is 1. The first-order valence-electron chi connectivity index (χ1n) is 7.68. The lowest BCUT2D eigenvalue weighted by molar-refractivity contribution is -0.108. The quantitative estimate of drug-likeness (QED) is 0.792. The summed E-state index contributed by atoms with van der Waals surface area (Å²) in [6.07, 6.45) is 9.35. The lowest BCUT2D eigenvalue weighted by Crippen LogP contribution is -2.30. The molecule has 1 aromatic rings. The molecule has 2 aliphatic rings. The average Bonchev–Trinajstić information content (AvgIpc) is 3.16. The number of anilines is 1. The molecule has 1 atom stereocenters. The van der Waals surface area contributed by atoms with Crippen molar-refractivity contribution in [2.24, 2.45) is 17.1 Å². The van der Waals surface area contributed by atoms with Crippen LogP contribution in [0.15, 0.2) is 0 Å². The van der Waals surface area contributed by atoms with Crippen molar-refractivity contribution in [3.8, 4) is 0 Å². The largest absolute Gasteiger partial charge is 0.390 e. The summed E-state index contributed by atoms with van der Waals surface area (Å²) in [7, 11) is 0. The number of amides is 1. The molecule has 0 saturated heterocycles. The molecule has 114 valence electrons. The third-order valence-electron chi connectivity index (χ3n) is 5.02. The Bertz CT molecular complexity index is 577. The van der Waals surface area contributed by atoms with Crippen molar-refractivity contribution in [3.05, 3.63) is 16.0 Å². The molecule has 4 N–H and O–H groups in total. The monoisotopic (exact) mass is 306 g/mol. The smallest absolute Gasteiger partial charge is 0.251 e. The molecule has 2 aliphatic carbocycles. The van der Waals surface area contributed by atoms with Gasteiger partial charge in [0.2, 0.25) is 0 Å². The molecule has 1 amide bonds. The lowest BCUT2D eigenvalue weighted by atomic mass is 9.68. The number of hydrogen-bond donors (Lipinski definition) is 2. The Labute approximate surface area is 128 Å². The van der Waals surface area contributed by atoms with Gasteiger partial charge in [-0.1, -0.05) is 12.8 Å². The van der Waals surface area contributed by atoms with Crippen molar-refractivity contribution in [1.29, 1.82) is 0 Å². The van der Waals surface area contributed by atoms with E-state index < -0.39 is 5.91 Å². The average molecular weight is 306 g/mol. The second-order valence-corrected chi connectivity index (χ2v) is 7.77. The molecule has 0 aromatic carbocycles. The Morgan fingerprint density at radius 1 is 1.43 bits per heavy atom. The fourth-order valence-corrected chi connectivity index (χ4v) is 5.12. The van der Waals surface area contributed by atoms with Crippen molar-refractivity contribution < 1.29 is 9.59 Å². The molecule has 0 aliphatic heterocycles. The van der Waals surface area contributed by atoms with Gasteiger partial charge in [0.1, 0.15) is 6.29 Å². The van der Waals surface area contributed by atoms with Gasteiger partial charge >= 0.3 is 0 Å². The van der Waals surface area contributed by atoms with Crippen molar-refractivity contribution in [2.75, 3.05) is 5.73 Å². The molecule has 1 aromatic heterocycles. The summed E-state index contributed by atoms with van der Waals surface area (Å²) in [5.74, 6) is 0.429. The molecule has 0 radical (unpaired) electrons. The van der Waals surface area contributed by atoms with Crippen LogP contribution in [0, 0.1) is 11.3 Å². The molecule has 4 nitrogen and oxygen atoms in total. The number of thiophene rings is 1. The maximum absolute atomic E-state index is 11.6. The number of hydrogen-bond acceptors (Lipinski definition) is 4. The highest BCUT2D eigenvalue weighted by molar-refractivity contribution is 7.16. The van der Waals surface area contributed by atoms with E-state index in [1.54, 1.807) is 0 Å². The first-order valence-corrected chi connectivity index (χ1v) is 8.50. The molecule has 1 fully saturated rings. The van der Waals surface area contributed by atoms with Gasteiger partial charge in [-0.3, -0.25) is 4.79 Å². The summed E-state index contributed by atoms with van der Waals surface area (Å²) in [6.45, 7) is 0. The zero-order valence-corrected chi connectivity index (χ0v) is 13.0. The highest BCUT2D eigenvalue weighted by Crippen LogP contribution is 2.51. The predicted molar refractivity (Wildman–Crippen MR) is 84.3 cm³/mol. The van der Waals surface area contributed by atoms with Crippen LogP contribution in [-0.4, -0.2) is 12.2 Å². The van der Waals surface area contributed by atoms with Gasteiger partial charge in [0.05, 0.1) is 10.6 Å². The molecule has 5 heteroatoms. The first-order chi connectivity index (χ1) is 10.0. The van der Waals surface area contributed by atoms with E-state index in [2.05, 4.69) is 0 Å². The minimum atomic E-state index is -0.410. The van der Waals surface area contributed by atoms with E-state index >= 15 is 0 Å². The summed E-state index contributed by atoms with van der Waals surface area (Å²) in [5, 5.41) is 0.560. The minimum absolute atomic E-state index is 0.223. The summed E-state index contributed by atoms with van der Waals surface area (Å²) < 4.78 is 0. The number of carbonyl (C=O) groups excluding carboxylic acids is 2. The third-order valence-corrected chi connectivity index (χ3v) is 6.08. The fourth-order valence-electron chi connectivity index (χ4n) is 3.82. The summed E-state index contributed by atoms with van der Waals surface area (Å²) in [6, 6.07) is 0. The predicted octanol–water partition coefficient (Wildman–Crippen LogP) is 2.68. The molecule has 21 heavy (non-hydrogen) atoms. The Morgan fingerprint density at radius 2 is 2.19 bits per heavy atom. The Balaban J connectivity index is 1.88. The van der Waals surface area contributed by atoms with Crippen LogP contribution in [0.25, 0.3) is 0 Å². The van der Waals surface area contributed by atoms with E-state index in [9.17, 15) is 9.59 Å². The van der Waals surface area contributed by atoms with Gasteiger partial charge in [-0.2, -0.15) is 0 Å². The van der Waals surface area contributed by atoms with E-state index in [-0.39, 0.29) is 5.41 Å². The van der Waals surface area contributed by atoms with Crippen LogP contribution in [0.4, 0.5) is 5.00 Å². The van der Waals surface area contributed by atoms with E-state index in [0.717, 1.165) is 43.5 Å². The van der Waals surface area contributed by atoms with Gasteiger partial charge in [0.15, 0.2) is 0 Å². The van der Waals surface area contributed by atoms with Crippen LogP contribution in [0.2, 0.25) is 0 Å². The van der Waals surface area contributed by atoms with Crippen molar-refractivity contribution in [3.63, 3.8) is 0 Å². The highest BCUT2D eigenvalue weighted by atomic mass is 32.1. The number of rotatable bonds is 6. The van der Waals surface area contributed by atoms with Crippen LogP contribution in [0.3, 0.4) is 0 Å². The Morgan fingerprint density at radius 3 is 2.81 bits per heavy atom. The molecule has 1 saturated carbocycles. The summed E-state index contributed by atoms with van der Waals surface area (Å²) in [5.41, 5.74) is 13.3. The number of aldehydes is 1. The Hall–Kier alpha value is -1.36. The van der Waals surface area contributed by atoms with Crippen LogP contribution in [0.1, 0.15) is 59.3 Å². The molecule has 1 unspecified atom stereocenters. The first kappa shape index (κ1) is 14.6. The highest BCUT2D eigenvalue weighted by Gasteiger charge is 2.41. The fraction of sp³-hybridized carbons (Fsp3) is 0.625. The zero-order valence-electron chi connectivity index (χ0n) is 12.2.